The summed E-state index contributed by atoms with van der Waals surface area (Å²) in [6, 6.07) is 14.2. The van der Waals surface area contributed by atoms with Gasteiger partial charge in [0.1, 0.15) is 16.8 Å². The second kappa shape index (κ2) is 10.2. The van der Waals surface area contributed by atoms with Crippen molar-refractivity contribution in [2.24, 2.45) is 0 Å². The van der Waals surface area contributed by atoms with Gasteiger partial charge in [-0.1, -0.05) is 48.5 Å². The van der Waals surface area contributed by atoms with E-state index in [2.05, 4.69) is 4.72 Å². The smallest absolute Gasteiger partial charge is 0.244 e. The van der Waals surface area contributed by atoms with Gasteiger partial charge in [0, 0.05) is 13.1 Å². The minimum atomic E-state index is -4.16. The third-order valence-electron chi connectivity index (χ3n) is 5.00. The van der Waals surface area contributed by atoms with Gasteiger partial charge >= 0.3 is 0 Å². The number of carbonyl (C=O) groups is 1. The number of nitrogens with zero attached hydrogens (tertiary/aromatic N) is 1. The van der Waals surface area contributed by atoms with Crippen molar-refractivity contribution in [3.8, 4) is 0 Å². The van der Waals surface area contributed by atoms with Gasteiger partial charge < -0.3 is 4.90 Å². The lowest BCUT2D eigenvalue weighted by Gasteiger charge is -2.30. The van der Waals surface area contributed by atoms with Crippen molar-refractivity contribution in [3.63, 3.8) is 0 Å². The minimum Gasteiger partial charge on any atom is -0.337 e. The predicted molar refractivity (Wildman–Crippen MR) is 119 cm³/mol. The second-order valence-electron chi connectivity index (χ2n) is 7.02. The fourth-order valence-electron chi connectivity index (χ4n) is 3.39. The highest BCUT2D eigenvalue weighted by molar-refractivity contribution is 7.98. The van der Waals surface area contributed by atoms with Crippen LogP contribution in [0.15, 0.2) is 65.6 Å². The van der Waals surface area contributed by atoms with Crippen LogP contribution in [0.3, 0.4) is 0 Å². The monoisotopic (exact) mass is 448 g/mol. The van der Waals surface area contributed by atoms with Crippen LogP contribution in [0.1, 0.15) is 18.4 Å². The number of benzene rings is 2. The molecule has 0 unspecified atom stereocenters. The van der Waals surface area contributed by atoms with Crippen LogP contribution in [-0.2, 0) is 14.8 Å². The van der Waals surface area contributed by atoms with Gasteiger partial charge in [-0.3, -0.25) is 4.79 Å². The van der Waals surface area contributed by atoms with Gasteiger partial charge in [-0.15, -0.1) is 0 Å². The highest BCUT2D eigenvalue weighted by Gasteiger charge is 2.31. The molecule has 1 amide bonds. The predicted octanol–water partition coefficient (Wildman–Crippen LogP) is 3.54. The van der Waals surface area contributed by atoms with E-state index in [0.29, 0.717) is 31.7 Å². The third-order valence-corrected chi connectivity index (χ3v) is 7.15. The number of hydrogen-bond acceptors (Lipinski definition) is 4. The Morgan fingerprint density at radius 1 is 1.17 bits per heavy atom. The van der Waals surface area contributed by atoms with Crippen LogP contribution in [0.2, 0.25) is 0 Å². The Bertz CT molecular complexity index is 1010. The lowest BCUT2D eigenvalue weighted by molar-refractivity contribution is -0.132. The van der Waals surface area contributed by atoms with Gasteiger partial charge in [0.15, 0.2) is 0 Å². The first kappa shape index (κ1) is 22.5. The maximum Gasteiger partial charge on any atom is 0.244 e. The standard InChI is InChI=1S/C22H25FN2O3S2/c1-29-16-13-20(24-30(27,28)21-10-6-5-9-19(21)23)22(26)25-14-11-18(12-15-25)17-7-3-2-4-8-17/h2-11,20,24H,12-16H2,1H3/t20-/m1/s1. The van der Waals surface area contributed by atoms with E-state index < -0.39 is 26.8 Å². The number of amides is 1. The molecular formula is C22H25FN2O3S2. The van der Waals surface area contributed by atoms with E-state index >= 15 is 0 Å². The van der Waals surface area contributed by atoms with Crippen molar-refractivity contribution < 1.29 is 17.6 Å². The highest BCUT2D eigenvalue weighted by Crippen LogP contribution is 2.23. The highest BCUT2D eigenvalue weighted by atomic mass is 32.2. The molecule has 0 bridgehead atoms. The molecule has 2 aromatic carbocycles. The van der Waals surface area contributed by atoms with Crippen molar-refractivity contribution in [2.45, 2.75) is 23.8 Å². The van der Waals surface area contributed by atoms with Crippen LogP contribution in [0.25, 0.3) is 5.57 Å². The summed E-state index contributed by atoms with van der Waals surface area (Å²) in [4.78, 5) is 14.3. The van der Waals surface area contributed by atoms with E-state index in [1.165, 1.54) is 35.5 Å². The Balaban J connectivity index is 1.75. The zero-order chi connectivity index (χ0) is 21.6. The molecule has 0 spiro atoms. The molecule has 0 aromatic heterocycles. The van der Waals surface area contributed by atoms with Crippen molar-refractivity contribution in [1.29, 1.82) is 0 Å². The lowest BCUT2D eigenvalue weighted by atomic mass is 9.99. The van der Waals surface area contributed by atoms with Crippen LogP contribution in [-0.4, -0.2) is 50.4 Å². The van der Waals surface area contributed by atoms with E-state index in [0.717, 1.165) is 11.6 Å². The fourth-order valence-corrected chi connectivity index (χ4v) is 5.16. The molecular weight excluding hydrogens is 423 g/mol. The van der Waals surface area contributed by atoms with E-state index in [1.807, 2.05) is 42.7 Å². The molecule has 0 radical (unpaired) electrons. The molecule has 5 nitrogen and oxygen atoms in total. The summed E-state index contributed by atoms with van der Waals surface area (Å²) in [7, 11) is -4.16. The summed E-state index contributed by atoms with van der Waals surface area (Å²) in [5.41, 5.74) is 2.30. The van der Waals surface area contributed by atoms with E-state index in [1.54, 1.807) is 4.90 Å². The lowest BCUT2D eigenvalue weighted by Crippen LogP contribution is -2.49. The number of sulfonamides is 1. The van der Waals surface area contributed by atoms with E-state index in [-0.39, 0.29) is 5.91 Å². The van der Waals surface area contributed by atoms with Crippen LogP contribution in [0.5, 0.6) is 0 Å². The molecule has 160 valence electrons. The molecule has 8 heteroatoms. The summed E-state index contributed by atoms with van der Waals surface area (Å²) in [5, 5.41) is 0. The molecule has 3 rings (SSSR count). The Kier molecular flexibility index (Phi) is 7.69. The largest absolute Gasteiger partial charge is 0.337 e. The summed E-state index contributed by atoms with van der Waals surface area (Å²) < 4.78 is 41.9. The second-order valence-corrected chi connectivity index (χ2v) is 9.68. The minimum absolute atomic E-state index is 0.285. The fraction of sp³-hybridized carbons (Fsp3) is 0.318. The van der Waals surface area contributed by atoms with Gasteiger partial charge in [0.2, 0.25) is 15.9 Å². The summed E-state index contributed by atoms with van der Waals surface area (Å²) in [5.74, 6) is -0.517. The Morgan fingerprint density at radius 3 is 2.50 bits per heavy atom. The number of carbonyl (C=O) groups excluding carboxylic acids is 1. The molecule has 1 N–H and O–H groups in total. The summed E-state index contributed by atoms with van der Waals surface area (Å²) in [6.07, 6.45) is 4.93. The average Bonchev–Trinajstić information content (AvgIpc) is 2.77. The maximum atomic E-state index is 14.0. The van der Waals surface area contributed by atoms with Crippen LogP contribution < -0.4 is 4.72 Å². The summed E-state index contributed by atoms with van der Waals surface area (Å²) >= 11 is 1.53. The average molecular weight is 449 g/mol. The van der Waals surface area contributed by atoms with Crippen LogP contribution in [0.4, 0.5) is 4.39 Å². The van der Waals surface area contributed by atoms with Crippen molar-refractivity contribution in [2.75, 3.05) is 25.1 Å². The molecule has 2 aromatic rings. The van der Waals surface area contributed by atoms with Gasteiger partial charge in [-0.2, -0.15) is 16.5 Å². The molecule has 0 fully saturated rings. The molecule has 30 heavy (non-hydrogen) atoms. The quantitative estimate of drug-likeness (QED) is 0.671. The summed E-state index contributed by atoms with van der Waals surface area (Å²) in [6.45, 7) is 0.928. The number of rotatable bonds is 8. The maximum absolute atomic E-state index is 14.0. The molecule has 1 heterocycles. The molecule has 0 saturated heterocycles. The van der Waals surface area contributed by atoms with Crippen molar-refractivity contribution >= 4 is 33.3 Å². The molecule has 1 atom stereocenters. The SMILES string of the molecule is CSCC[C@@H](NS(=O)(=O)c1ccccc1F)C(=O)N1CC=C(c2ccccc2)CC1. The Hall–Kier alpha value is -2.16. The van der Waals surface area contributed by atoms with Crippen LogP contribution in [0, 0.1) is 5.82 Å². The Morgan fingerprint density at radius 2 is 1.87 bits per heavy atom. The van der Waals surface area contributed by atoms with Gasteiger partial charge in [-0.25, -0.2) is 12.8 Å². The number of halogens is 1. The molecule has 1 aliphatic rings. The van der Waals surface area contributed by atoms with Crippen LogP contribution >= 0.6 is 11.8 Å². The molecule has 0 saturated carbocycles. The normalized spacial score (nSPS) is 15.5. The number of nitrogens with one attached hydrogen (secondary N) is 1. The Labute approximate surface area is 181 Å². The van der Waals surface area contributed by atoms with E-state index in [4.69, 9.17) is 0 Å². The first-order valence-corrected chi connectivity index (χ1v) is 12.6. The topological polar surface area (TPSA) is 66.5 Å². The zero-order valence-electron chi connectivity index (χ0n) is 16.8. The van der Waals surface area contributed by atoms with E-state index in [9.17, 15) is 17.6 Å². The number of hydrogen-bond donors (Lipinski definition) is 1. The third kappa shape index (κ3) is 5.50. The van der Waals surface area contributed by atoms with Gasteiger partial charge in [-0.05, 0) is 48.1 Å². The zero-order valence-corrected chi connectivity index (χ0v) is 18.4. The van der Waals surface area contributed by atoms with Gasteiger partial charge in [0.25, 0.3) is 0 Å². The number of thioether (sulfide) groups is 1. The van der Waals surface area contributed by atoms with Crippen molar-refractivity contribution in [1.82, 2.24) is 9.62 Å². The van der Waals surface area contributed by atoms with Gasteiger partial charge in [0.05, 0.1) is 0 Å². The van der Waals surface area contributed by atoms with Crippen molar-refractivity contribution in [3.05, 3.63) is 72.1 Å². The first-order chi connectivity index (χ1) is 14.4. The molecule has 1 aliphatic heterocycles. The first-order valence-electron chi connectivity index (χ1n) is 9.71. The molecule has 0 aliphatic carbocycles.